The van der Waals surface area contributed by atoms with E-state index in [-0.39, 0.29) is 19.4 Å². The van der Waals surface area contributed by atoms with E-state index in [0.29, 0.717) is 25.7 Å². The van der Waals surface area contributed by atoms with Gasteiger partial charge in [-0.25, -0.2) is 4.57 Å². The second-order valence-electron chi connectivity index (χ2n) is 14.4. The molecule has 322 valence electrons. The molecule has 0 aromatic rings. The molecule has 0 aliphatic heterocycles. The lowest BCUT2D eigenvalue weighted by atomic mass is 10.1. The van der Waals surface area contributed by atoms with Crippen LogP contribution in [0.15, 0.2) is 72.9 Å². The van der Waals surface area contributed by atoms with Gasteiger partial charge >= 0.3 is 19.8 Å². The van der Waals surface area contributed by atoms with E-state index in [4.69, 9.17) is 19.3 Å². The van der Waals surface area contributed by atoms with E-state index in [1.54, 1.807) is 18.2 Å². The number of hydrogen-bond acceptors (Lipinski definition) is 8. The molecule has 0 aromatic carbocycles. The summed E-state index contributed by atoms with van der Waals surface area (Å²) >= 11 is 0. The zero-order valence-electron chi connectivity index (χ0n) is 34.7. The molecule has 0 fully saturated rings. The Morgan fingerprint density at radius 3 is 1.61 bits per heavy atom. The summed E-state index contributed by atoms with van der Waals surface area (Å²) in [5.41, 5.74) is 0. The van der Waals surface area contributed by atoms with E-state index in [9.17, 15) is 24.4 Å². The number of aliphatic hydroxyl groups is 2. The van der Waals surface area contributed by atoms with Crippen molar-refractivity contribution in [1.82, 2.24) is 0 Å². The van der Waals surface area contributed by atoms with E-state index in [0.717, 1.165) is 57.8 Å². The maximum atomic E-state index is 12.4. The van der Waals surface area contributed by atoms with Gasteiger partial charge in [-0.05, 0) is 64.2 Å². The number of carbonyl (C=O) groups is 2. The second kappa shape index (κ2) is 39.2. The number of esters is 2. The van der Waals surface area contributed by atoms with Crippen LogP contribution in [0.2, 0.25) is 0 Å². The van der Waals surface area contributed by atoms with Crippen molar-refractivity contribution in [2.75, 3.05) is 13.2 Å². The van der Waals surface area contributed by atoms with Crippen LogP contribution in [-0.2, 0) is 28.2 Å². The van der Waals surface area contributed by atoms with Crippen molar-refractivity contribution in [3.8, 4) is 0 Å². The fourth-order valence-electron chi connectivity index (χ4n) is 5.62. The summed E-state index contributed by atoms with van der Waals surface area (Å²) in [6, 6.07) is 0. The molecule has 0 amide bonds. The van der Waals surface area contributed by atoms with Crippen molar-refractivity contribution < 1.29 is 48.2 Å². The maximum Gasteiger partial charge on any atom is 0.469 e. The van der Waals surface area contributed by atoms with Crippen LogP contribution in [0.3, 0.4) is 0 Å². The van der Waals surface area contributed by atoms with E-state index >= 15 is 0 Å². The summed E-state index contributed by atoms with van der Waals surface area (Å²) < 4.78 is 26.2. The first-order valence-electron chi connectivity index (χ1n) is 21.4. The van der Waals surface area contributed by atoms with Gasteiger partial charge in [-0.2, -0.15) is 0 Å². The van der Waals surface area contributed by atoms with E-state index in [1.165, 1.54) is 57.8 Å². The van der Waals surface area contributed by atoms with Gasteiger partial charge in [-0.15, -0.1) is 0 Å². The number of aliphatic hydroxyl groups excluding tert-OH is 2. The molecule has 10 nitrogen and oxygen atoms in total. The van der Waals surface area contributed by atoms with E-state index < -0.39 is 44.7 Å². The van der Waals surface area contributed by atoms with E-state index in [1.807, 2.05) is 30.4 Å². The van der Waals surface area contributed by atoms with Gasteiger partial charge in [0.2, 0.25) is 0 Å². The molecule has 3 atom stereocenters. The number of rotatable bonds is 38. The fourth-order valence-corrected chi connectivity index (χ4v) is 5.98. The molecule has 0 aromatic heterocycles. The summed E-state index contributed by atoms with van der Waals surface area (Å²) in [6.07, 6.45) is 44.0. The van der Waals surface area contributed by atoms with Crippen molar-refractivity contribution in [2.24, 2.45) is 0 Å². The zero-order chi connectivity index (χ0) is 41.4. The number of hydrogen-bond donors (Lipinski definition) is 4. The first-order chi connectivity index (χ1) is 27.1. The van der Waals surface area contributed by atoms with Crippen LogP contribution < -0.4 is 0 Å². The van der Waals surface area contributed by atoms with Crippen LogP contribution in [0, 0.1) is 0 Å². The maximum absolute atomic E-state index is 12.4. The Labute approximate surface area is 339 Å². The smallest absolute Gasteiger partial charge is 0.462 e. The third-order valence-corrected chi connectivity index (χ3v) is 9.39. The van der Waals surface area contributed by atoms with Crippen LogP contribution in [0.1, 0.15) is 168 Å². The molecule has 4 N–H and O–H groups in total. The molecular formula is C45H77O10P. The average Bonchev–Trinajstić information content (AvgIpc) is 3.15. The lowest BCUT2D eigenvalue weighted by Gasteiger charge is -2.18. The predicted octanol–water partition coefficient (Wildman–Crippen LogP) is 11.0. The van der Waals surface area contributed by atoms with Crippen LogP contribution in [0.4, 0.5) is 0 Å². The van der Waals surface area contributed by atoms with Crippen molar-refractivity contribution in [2.45, 2.75) is 186 Å². The topological polar surface area (TPSA) is 160 Å². The van der Waals surface area contributed by atoms with Gasteiger partial charge in [0.1, 0.15) is 6.61 Å². The predicted molar refractivity (Wildman–Crippen MR) is 228 cm³/mol. The summed E-state index contributed by atoms with van der Waals surface area (Å²) in [7, 11) is -4.83. The molecule has 0 saturated heterocycles. The van der Waals surface area contributed by atoms with Crippen molar-refractivity contribution in [3.63, 3.8) is 0 Å². The third kappa shape index (κ3) is 41.1. The Morgan fingerprint density at radius 2 is 1.04 bits per heavy atom. The lowest BCUT2D eigenvalue weighted by molar-refractivity contribution is -0.161. The molecular weight excluding hydrogens is 731 g/mol. The molecule has 0 saturated carbocycles. The Kier molecular flexibility index (Phi) is 37.4. The van der Waals surface area contributed by atoms with Gasteiger partial charge in [0.05, 0.1) is 18.8 Å². The zero-order valence-corrected chi connectivity index (χ0v) is 35.6. The summed E-state index contributed by atoms with van der Waals surface area (Å²) in [5, 5.41) is 20.1. The molecule has 0 unspecified atom stereocenters. The Balaban J connectivity index is 4.15. The van der Waals surface area contributed by atoms with Crippen molar-refractivity contribution in [1.29, 1.82) is 0 Å². The van der Waals surface area contributed by atoms with Crippen LogP contribution >= 0.6 is 7.82 Å². The minimum atomic E-state index is -4.83. The van der Waals surface area contributed by atoms with Crippen molar-refractivity contribution in [3.05, 3.63) is 72.9 Å². The minimum absolute atomic E-state index is 0.0403. The summed E-state index contributed by atoms with van der Waals surface area (Å²) in [4.78, 5) is 42.9. The van der Waals surface area contributed by atoms with Crippen LogP contribution in [0.25, 0.3) is 0 Å². The largest absolute Gasteiger partial charge is 0.469 e. The van der Waals surface area contributed by atoms with Gasteiger partial charge < -0.3 is 29.5 Å². The SMILES string of the molecule is CCCCC/C=C\C/C=C\CCCCCCCCCCCC(=O)OC[C@H](COP(=O)(O)O)OC(=O)CCC[C@H](O)/C=C/C=C\C/C=C\C=C\[C@H](O)CCCCC. The number of allylic oxidation sites excluding steroid dienone is 10. The lowest BCUT2D eigenvalue weighted by Crippen LogP contribution is -2.29. The third-order valence-electron chi connectivity index (χ3n) is 8.91. The van der Waals surface area contributed by atoms with Crippen molar-refractivity contribution >= 4 is 19.8 Å². The fraction of sp³-hybridized carbons (Fsp3) is 0.689. The molecule has 0 radical (unpaired) electrons. The highest BCUT2D eigenvalue weighted by Crippen LogP contribution is 2.36. The molecule has 11 heteroatoms. The molecule has 0 heterocycles. The molecule has 56 heavy (non-hydrogen) atoms. The van der Waals surface area contributed by atoms with Gasteiger partial charge in [0, 0.05) is 12.8 Å². The first-order valence-corrected chi connectivity index (χ1v) is 23.0. The van der Waals surface area contributed by atoms with Gasteiger partial charge in [0.15, 0.2) is 6.10 Å². The molecule has 0 rings (SSSR count). The molecule has 0 aliphatic rings. The Hall–Kier alpha value is -2.59. The standard InChI is InChI=1S/C45H77O10P/c1-3-5-7-8-9-10-11-12-13-14-15-16-17-18-19-20-24-27-31-37-44(48)53-39-43(40-54-56(50,51)52)55-45(49)38-32-36-42(47)35-30-26-23-21-22-25-29-34-41(46)33-28-6-4-2/h9-10,12-13,22-23,25-26,29-30,34-35,41-43,46-47H,3-8,11,14-21,24,27-28,31-33,36-40H2,1-2H3,(H2,50,51,52)/b10-9-,13-12-,25-22-,26-23-,34-29+,35-30+/t41-,42-,43-/m1/s1. The highest BCUT2D eigenvalue weighted by molar-refractivity contribution is 7.46. The van der Waals surface area contributed by atoms with Gasteiger partial charge in [-0.1, -0.05) is 164 Å². The summed E-state index contributed by atoms with van der Waals surface area (Å²) in [6.45, 7) is 3.36. The Morgan fingerprint density at radius 1 is 0.554 bits per heavy atom. The molecule has 0 spiro atoms. The number of unbranched alkanes of at least 4 members (excludes halogenated alkanes) is 14. The quantitative estimate of drug-likeness (QED) is 0.0155. The highest BCUT2D eigenvalue weighted by atomic mass is 31.2. The Bertz CT molecular complexity index is 1170. The first kappa shape index (κ1) is 53.4. The minimum Gasteiger partial charge on any atom is -0.462 e. The summed E-state index contributed by atoms with van der Waals surface area (Å²) in [5.74, 6) is -1.12. The van der Waals surface area contributed by atoms with Gasteiger partial charge in [0.25, 0.3) is 0 Å². The highest BCUT2D eigenvalue weighted by Gasteiger charge is 2.23. The molecule has 0 bridgehead atoms. The second-order valence-corrected chi connectivity index (χ2v) is 15.6. The normalized spacial score (nSPS) is 14.3. The monoisotopic (exact) mass is 809 g/mol. The van der Waals surface area contributed by atoms with Crippen LogP contribution in [-0.4, -0.2) is 63.5 Å². The number of phosphoric acid groups is 1. The van der Waals surface area contributed by atoms with E-state index in [2.05, 4.69) is 42.7 Å². The average molecular weight is 809 g/mol. The van der Waals surface area contributed by atoms with Crippen LogP contribution in [0.5, 0.6) is 0 Å². The number of phosphoric ester groups is 1. The number of ether oxygens (including phenoxy) is 2. The number of carbonyl (C=O) groups excluding carboxylic acids is 2. The van der Waals surface area contributed by atoms with Gasteiger partial charge in [-0.3, -0.25) is 14.1 Å². The molecule has 0 aliphatic carbocycles.